The predicted octanol–water partition coefficient (Wildman–Crippen LogP) is 0.258. The first-order chi connectivity index (χ1) is 5.74. The Hall–Kier alpha value is -0.920. The Morgan fingerprint density at radius 1 is 1.92 bits per heavy atom. The van der Waals surface area contributed by atoms with Crippen molar-refractivity contribution in [3.63, 3.8) is 0 Å². The Morgan fingerprint density at radius 2 is 2.67 bits per heavy atom. The Labute approximate surface area is 72.2 Å². The fourth-order valence-electron chi connectivity index (χ4n) is 0.526. The number of oxime groups is 1. The highest BCUT2D eigenvalue weighted by Crippen LogP contribution is 2.15. The SMILES string of the molecule is C=NOC(=O)c1[nH+]c[n+](C)pp1. The fourth-order valence-corrected chi connectivity index (χ4v) is 2.37. The van der Waals surface area contributed by atoms with E-state index in [1.807, 2.05) is 11.4 Å². The molecule has 0 bridgehead atoms. The molecule has 0 unspecified atom stereocenters. The van der Waals surface area contributed by atoms with E-state index in [9.17, 15) is 4.79 Å². The van der Waals surface area contributed by atoms with Gasteiger partial charge in [-0.15, -0.1) is 9.31 Å². The average molecular weight is 203 g/mol. The largest absolute Gasteiger partial charge is 0.435 e. The summed E-state index contributed by atoms with van der Waals surface area (Å²) in [6.45, 7) is 3.05. The van der Waals surface area contributed by atoms with E-state index in [0.717, 1.165) is 15.9 Å². The number of aryl methyl sites for hydroxylation is 1. The van der Waals surface area contributed by atoms with Gasteiger partial charge >= 0.3 is 17.7 Å². The summed E-state index contributed by atoms with van der Waals surface area (Å²) in [4.78, 5) is 18.1. The van der Waals surface area contributed by atoms with Crippen LogP contribution in [0.3, 0.4) is 0 Å². The molecule has 1 aromatic rings. The molecule has 62 valence electrons. The molecule has 12 heavy (non-hydrogen) atoms. The van der Waals surface area contributed by atoms with Gasteiger partial charge in [0.1, 0.15) is 14.9 Å². The molecule has 1 heterocycles. The van der Waals surface area contributed by atoms with Gasteiger partial charge in [0.05, 0.1) is 0 Å². The van der Waals surface area contributed by atoms with E-state index in [2.05, 4.69) is 21.7 Å². The molecule has 0 aliphatic heterocycles. The lowest BCUT2D eigenvalue weighted by atomic mass is 10.7. The summed E-state index contributed by atoms with van der Waals surface area (Å²) < 4.78 is 1.90. The number of hydrogen-bond acceptors (Lipinski definition) is 3. The van der Waals surface area contributed by atoms with Crippen molar-refractivity contribution in [3.8, 4) is 0 Å². The Bertz CT molecular complexity index is 300. The number of nitrogens with zero attached hydrogens (tertiary/aromatic N) is 2. The van der Waals surface area contributed by atoms with Crippen molar-refractivity contribution in [3.05, 3.63) is 11.8 Å². The van der Waals surface area contributed by atoms with Crippen molar-refractivity contribution in [2.45, 2.75) is 0 Å². The van der Waals surface area contributed by atoms with Crippen LogP contribution in [0.15, 0.2) is 11.5 Å². The molecule has 0 aliphatic rings. The van der Waals surface area contributed by atoms with Crippen LogP contribution in [0, 0.1) is 0 Å². The third kappa shape index (κ3) is 2.29. The van der Waals surface area contributed by atoms with Gasteiger partial charge in [-0.1, -0.05) is 5.16 Å². The number of aromatic amines is 1. The number of carbonyl (C=O) groups excluding carboxylic acids is 1. The van der Waals surface area contributed by atoms with Crippen molar-refractivity contribution in [2.75, 3.05) is 0 Å². The van der Waals surface area contributed by atoms with Crippen LogP contribution in [-0.2, 0) is 11.9 Å². The van der Waals surface area contributed by atoms with Crippen LogP contribution in [-0.4, -0.2) is 12.7 Å². The van der Waals surface area contributed by atoms with Gasteiger partial charge in [-0.3, -0.25) is 0 Å². The summed E-state index contributed by atoms with van der Waals surface area (Å²) in [7, 11) is 3.75. The van der Waals surface area contributed by atoms with Gasteiger partial charge in [0.25, 0.3) is 8.03 Å². The molecule has 0 spiro atoms. The summed E-state index contributed by atoms with van der Waals surface area (Å²) in [5.41, 5.74) is 0.474. The molecular weight excluding hydrogens is 196 g/mol. The minimum Gasteiger partial charge on any atom is -0.307 e. The summed E-state index contributed by atoms with van der Waals surface area (Å²) in [6, 6.07) is 0. The Balaban J connectivity index is 2.82. The topological polar surface area (TPSA) is 56.7 Å². The highest BCUT2D eigenvalue weighted by Gasteiger charge is 2.17. The first kappa shape index (κ1) is 9.17. The van der Waals surface area contributed by atoms with Gasteiger partial charge < -0.3 is 4.84 Å². The van der Waals surface area contributed by atoms with Gasteiger partial charge in [-0.2, -0.15) is 0 Å². The number of carbonyl (C=O) groups is 1. The van der Waals surface area contributed by atoms with E-state index < -0.39 is 5.97 Å². The lowest BCUT2D eigenvalue weighted by molar-refractivity contribution is -0.665. The monoisotopic (exact) mass is 203 g/mol. The molecule has 0 aromatic carbocycles. The number of hydrogen-bond donors (Lipinski definition) is 0. The third-order valence-corrected chi connectivity index (χ3v) is 3.73. The number of rotatable bonds is 2. The average Bonchev–Trinajstić information content (AvgIpc) is 2.06. The van der Waals surface area contributed by atoms with Gasteiger partial charge in [-0.25, -0.2) is 4.79 Å². The zero-order chi connectivity index (χ0) is 8.97. The smallest absolute Gasteiger partial charge is 0.307 e. The van der Waals surface area contributed by atoms with Crippen molar-refractivity contribution >= 4 is 28.6 Å². The first-order valence-corrected chi connectivity index (χ1v) is 5.47. The normalized spacial score (nSPS) is 10.4. The summed E-state index contributed by atoms with van der Waals surface area (Å²) >= 11 is 0. The molecular formula is C5H7N3O2P2+2. The zero-order valence-electron chi connectivity index (χ0n) is 6.39. The molecule has 0 fully saturated rings. The van der Waals surface area contributed by atoms with Gasteiger partial charge in [0.2, 0.25) is 0 Å². The van der Waals surface area contributed by atoms with E-state index in [1.54, 1.807) is 6.33 Å². The van der Waals surface area contributed by atoms with Crippen LogP contribution in [0.1, 0.15) is 10.2 Å². The van der Waals surface area contributed by atoms with Gasteiger partial charge in [-0.05, 0) is 0 Å². The second-order valence-electron chi connectivity index (χ2n) is 1.89. The van der Waals surface area contributed by atoms with Crippen molar-refractivity contribution in [2.24, 2.45) is 12.2 Å². The van der Waals surface area contributed by atoms with Crippen LogP contribution in [0.25, 0.3) is 0 Å². The molecule has 0 saturated heterocycles. The summed E-state index contributed by atoms with van der Waals surface area (Å²) in [5, 5.41) is 3.03. The number of nitrogens with one attached hydrogen (secondary N) is 1. The molecule has 0 amide bonds. The molecule has 0 atom stereocenters. The van der Waals surface area contributed by atoms with Crippen LogP contribution in [0.4, 0.5) is 0 Å². The maximum Gasteiger partial charge on any atom is 0.435 e. The fraction of sp³-hybridized carbons (Fsp3) is 0.200. The second kappa shape index (κ2) is 4.19. The lowest BCUT2D eigenvalue weighted by Crippen LogP contribution is -2.30. The Morgan fingerprint density at radius 3 is 3.17 bits per heavy atom. The Kier molecular flexibility index (Phi) is 3.20. The van der Waals surface area contributed by atoms with Crippen LogP contribution < -0.4 is 9.31 Å². The first-order valence-electron chi connectivity index (χ1n) is 3.02. The zero-order valence-corrected chi connectivity index (χ0v) is 8.18. The molecule has 1 rings (SSSR count). The minimum atomic E-state index is -0.483. The molecule has 0 aliphatic carbocycles. The van der Waals surface area contributed by atoms with E-state index in [4.69, 9.17) is 0 Å². The quantitative estimate of drug-likeness (QED) is 0.393. The minimum absolute atomic E-state index is 0.474. The van der Waals surface area contributed by atoms with Crippen molar-refractivity contribution in [1.29, 1.82) is 0 Å². The van der Waals surface area contributed by atoms with Crippen molar-refractivity contribution in [1.82, 2.24) is 0 Å². The van der Waals surface area contributed by atoms with E-state index >= 15 is 0 Å². The molecule has 1 N–H and O–H groups in total. The molecule has 5 nitrogen and oxygen atoms in total. The van der Waals surface area contributed by atoms with Gasteiger partial charge in [0, 0.05) is 6.72 Å². The summed E-state index contributed by atoms with van der Waals surface area (Å²) in [5.74, 6) is -0.483. The van der Waals surface area contributed by atoms with Crippen LogP contribution in [0.5, 0.6) is 0 Å². The van der Waals surface area contributed by atoms with Gasteiger partial charge in [0.15, 0.2) is 0 Å². The number of H-pyrrole nitrogens is 1. The standard InChI is InChI=1S/C5H6N3O2P2/c1-6-10-5(9)4-7-3-8(2)12-11-4/h3H,1H2,2H3/q+1/p+1. The predicted molar refractivity (Wildman–Crippen MR) is 44.2 cm³/mol. The van der Waals surface area contributed by atoms with Crippen LogP contribution in [0.2, 0.25) is 0 Å². The van der Waals surface area contributed by atoms with E-state index in [1.165, 1.54) is 0 Å². The molecule has 1 aromatic heterocycles. The highest BCUT2D eigenvalue weighted by atomic mass is 31.8. The van der Waals surface area contributed by atoms with E-state index in [-0.39, 0.29) is 0 Å². The highest BCUT2D eigenvalue weighted by molar-refractivity contribution is 7.87. The van der Waals surface area contributed by atoms with E-state index in [0.29, 0.717) is 5.43 Å². The lowest BCUT2D eigenvalue weighted by Gasteiger charge is -1.86. The second-order valence-corrected chi connectivity index (χ2v) is 4.49. The molecule has 0 radical (unpaired) electrons. The van der Waals surface area contributed by atoms with Crippen LogP contribution >= 0.6 is 15.9 Å². The third-order valence-electron chi connectivity index (χ3n) is 1.01. The maximum absolute atomic E-state index is 11.0. The molecule has 7 heteroatoms. The molecule has 0 saturated carbocycles. The summed E-state index contributed by atoms with van der Waals surface area (Å²) in [6.07, 6.45) is 1.69. The number of aromatic nitrogens is 2. The van der Waals surface area contributed by atoms with Crippen molar-refractivity contribution < 1.29 is 18.9 Å². The maximum atomic E-state index is 11.0.